The molecule has 2 aliphatic carbocycles. The number of benzene rings is 1. The van der Waals surface area contributed by atoms with Crippen LogP contribution >= 0.6 is 0 Å². The van der Waals surface area contributed by atoms with Crippen molar-refractivity contribution in [3.8, 4) is 11.5 Å². The van der Waals surface area contributed by atoms with E-state index in [1.54, 1.807) is 23.1 Å². The quantitative estimate of drug-likeness (QED) is 0.351. The summed E-state index contributed by atoms with van der Waals surface area (Å²) in [5.41, 5.74) is 1.25. The molecule has 2 amide bonds. The summed E-state index contributed by atoms with van der Waals surface area (Å²) in [7, 11) is 1.47. The third-order valence-electron chi connectivity index (χ3n) is 8.52. The zero-order valence-corrected chi connectivity index (χ0v) is 22.9. The topological polar surface area (TPSA) is 138 Å². The second kappa shape index (κ2) is 12.7. The number of hydrogen-bond donors (Lipinski definition) is 3. The third-order valence-corrected chi connectivity index (χ3v) is 8.52. The van der Waals surface area contributed by atoms with Gasteiger partial charge < -0.3 is 34.6 Å². The Morgan fingerprint density at radius 2 is 1.98 bits per heavy atom. The van der Waals surface area contributed by atoms with E-state index in [1.165, 1.54) is 7.11 Å². The summed E-state index contributed by atoms with van der Waals surface area (Å²) in [4.78, 5) is 43.0. The van der Waals surface area contributed by atoms with Gasteiger partial charge in [-0.15, -0.1) is 0 Å². The van der Waals surface area contributed by atoms with Crippen LogP contribution in [0.25, 0.3) is 0 Å². The standard InChI is InChI=1S/C29H39N3O8/c1-38-23-15-18(17-34)14-20-24-21(28(36)30-6-11-33)16-22(25(35)27(24)40-26(20)23)32(29(37)19-4-2-3-5-19)8-7-31-9-12-39-13-10-31/h14-17,19,22,24-25,27,33,35H,2-13H2,1H3,(H,30,36). The van der Waals surface area contributed by atoms with Crippen LogP contribution in [0.1, 0.15) is 47.5 Å². The average molecular weight is 558 g/mol. The monoisotopic (exact) mass is 557 g/mol. The lowest BCUT2D eigenvalue weighted by molar-refractivity contribution is -0.141. The third kappa shape index (κ3) is 5.60. The van der Waals surface area contributed by atoms with Crippen molar-refractivity contribution >= 4 is 18.1 Å². The summed E-state index contributed by atoms with van der Waals surface area (Å²) in [5, 5.41) is 23.9. The number of aliphatic hydroxyl groups excluding tert-OH is 2. The Balaban J connectivity index is 1.53. The summed E-state index contributed by atoms with van der Waals surface area (Å²) >= 11 is 0. The van der Waals surface area contributed by atoms with Gasteiger partial charge in [0, 0.05) is 55.3 Å². The molecule has 5 rings (SSSR count). The predicted octanol–water partition coefficient (Wildman–Crippen LogP) is 0.481. The fourth-order valence-electron chi connectivity index (χ4n) is 6.45. The number of aliphatic hydroxyl groups is 2. The number of nitrogens with zero attached hydrogens (tertiary/aromatic N) is 2. The number of hydrogen-bond acceptors (Lipinski definition) is 9. The molecular weight excluding hydrogens is 518 g/mol. The van der Waals surface area contributed by atoms with E-state index >= 15 is 0 Å². The molecular formula is C29H39N3O8. The number of methoxy groups -OCH3 is 1. The van der Waals surface area contributed by atoms with Crippen LogP contribution in [0.4, 0.5) is 0 Å². The second-order valence-corrected chi connectivity index (χ2v) is 10.9. The van der Waals surface area contributed by atoms with Crippen LogP contribution in [0.15, 0.2) is 23.8 Å². The van der Waals surface area contributed by atoms with Gasteiger partial charge in [0.2, 0.25) is 11.8 Å². The maximum absolute atomic E-state index is 13.9. The number of morpholine rings is 1. The van der Waals surface area contributed by atoms with Crippen LogP contribution in [0.2, 0.25) is 0 Å². The number of ether oxygens (including phenoxy) is 3. The summed E-state index contributed by atoms with van der Waals surface area (Å²) in [6.45, 7) is 3.64. The molecule has 11 heteroatoms. The number of fused-ring (bicyclic) bond motifs is 3. The van der Waals surface area contributed by atoms with Gasteiger partial charge in [-0.2, -0.15) is 0 Å². The predicted molar refractivity (Wildman–Crippen MR) is 144 cm³/mol. The first-order valence-electron chi connectivity index (χ1n) is 14.2. The Hall–Kier alpha value is -2.99. The van der Waals surface area contributed by atoms with Crippen molar-refractivity contribution in [3.63, 3.8) is 0 Å². The largest absolute Gasteiger partial charge is 0.493 e. The molecule has 2 heterocycles. The SMILES string of the molecule is COc1cc(C=O)cc2c1OC1C2C(C(=O)NCCO)=CC(N(CCN2CCOCC2)C(=O)C2CCCC2)C1O. The van der Waals surface area contributed by atoms with Crippen LogP contribution in [-0.2, 0) is 14.3 Å². The Morgan fingerprint density at radius 1 is 1.23 bits per heavy atom. The molecule has 1 saturated carbocycles. The maximum atomic E-state index is 13.9. The summed E-state index contributed by atoms with van der Waals surface area (Å²) in [6, 6.07) is 2.41. The number of rotatable bonds is 10. The van der Waals surface area contributed by atoms with Gasteiger partial charge in [-0.05, 0) is 31.1 Å². The zero-order chi connectivity index (χ0) is 28.2. The van der Waals surface area contributed by atoms with Crippen LogP contribution in [0, 0.1) is 5.92 Å². The molecule has 40 heavy (non-hydrogen) atoms. The van der Waals surface area contributed by atoms with Gasteiger partial charge in [0.25, 0.3) is 0 Å². The Morgan fingerprint density at radius 3 is 2.65 bits per heavy atom. The average Bonchev–Trinajstić information content (AvgIpc) is 3.66. The van der Waals surface area contributed by atoms with Crippen molar-refractivity contribution in [3.05, 3.63) is 34.9 Å². The van der Waals surface area contributed by atoms with E-state index in [9.17, 15) is 24.6 Å². The summed E-state index contributed by atoms with van der Waals surface area (Å²) in [6.07, 6.45) is 3.97. The minimum atomic E-state index is -1.13. The Kier molecular flexibility index (Phi) is 9.04. The van der Waals surface area contributed by atoms with Crippen molar-refractivity contribution in [1.29, 1.82) is 0 Å². The Bertz CT molecular complexity index is 1130. The van der Waals surface area contributed by atoms with Crippen LogP contribution in [0.3, 0.4) is 0 Å². The van der Waals surface area contributed by atoms with E-state index in [2.05, 4.69) is 10.2 Å². The molecule has 0 bridgehead atoms. The van der Waals surface area contributed by atoms with E-state index < -0.39 is 30.1 Å². The molecule has 1 aromatic rings. The lowest BCUT2D eigenvalue weighted by atomic mass is 9.77. The highest BCUT2D eigenvalue weighted by Gasteiger charge is 2.52. The number of amides is 2. The van der Waals surface area contributed by atoms with Crippen molar-refractivity contribution in [2.45, 2.75) is 49.9 Å². The molecule has 0 aromatic heterocycles. The normalized spacial score (nSPS) is 26.3. The minimum absolute atomic E-state index is 0.0176. The van der Waals surface area contributed by atoms with Gasteiger partial charge in [-0.1, -0.05) is 12.8 Å². The van der Waals surface area contributed by atoms with Crippen molar-refractivity contribution in [2.24, 2.45) is 5.92 Å². The highest BCUT2D eigenvalue weighted by atomic mass is 16.5. The number of nitrogens with one attached hydrogen (secondary N) is 1. The first-order valence-corrected chi connectivity index (χ1v) is 14.2. The van der Waals surface area contributed by atoms with E-state index in [4.69, 9.17) is 14.2 Å². The highest BCUT2D eigenvalue weighted by molar-refractivity contribution is 5.96. The van der Waals surface area contributed by atoms with Gasteiger partial charge in [0.1, 0.15) is 18.5 Å². The molecule has 3 N–H and O–H groups in total. The lowest BCUT2D eigenvalue weighted by Crippen LogP contribution is -2.58. The Labute approximate surface area is 234 Å². The number of carbonyl (C=O) groups excluding carboxylic acids is 3. The molecule has 4 unspecified atom stereocenters. The van der Waals surface area contributed by atoms with Gasteiger partial charge in [0.15, 0.2) is 11.5 Å². The van der Waals surface area contributed by atoms with Gasteiger partial charge in [0.05, 0.1) is 38.9 Å². The molecule has 2 fully saturated rings. The molecule has 4 atom stereocenters. The summed E-state index contributed by atoms with van der Waals surface area (Å²) < 4.78 is 17.2. The first-order chi connectivity index (χ1) is 19.5. The first kappa shape index (κ1) is 28.5. The van der Waals surface area contributed by atoms with Crippen LogP contribution in [0.5, 0.6) is 11.5 Å². The van der Waals surface area contributed by atoms with Crippen molar-refractivity contribution in [2.75, 3.05) is 59.7 Å². The molecule has 0 spiro atoms. The van der Waals surface area contributed by atoms with Crippen molar-refractivity contribution in [1.82, 2.24) is 15.1 Å². The van der Waals surface area contributed by atoms with E-state index in [-0.39, 0.29) is 25.0 Å². The zero-order valence-electron chi connectivity index (χ0n) is 22.9. The van der Waals surface area contributed by atoms with Gasteiger partial charge in [-0.25, -0.2) is 0 Å². The summed E-state index contributed by atoms with van der Waals surface area (Å²) in [5.74, 6) is -0.543. The molecule has 1 aromatic carbocycles. The smallest absolute Gasteiger partial charge is 0.247 e. The maximum Gasteiger partial charge on any atom is 0.247 e. The lowest BCUT2D eigenvalue weighted by Gasteiger charge is -2.42. The van der Waals surface area contributed by atoms with Crippen LogP contribution in [-0.4, -0.2) is 116 Å². The number of carbonyl (C=O) groups is 3. The molecule has 2 aliphatic heterocycles. The van der Waals surface area contributed by atoms with E-state index in [1.807, 2.05) is 0 Å². The van der Waals surface area contributed by atoms with Gasteiger partial charge >= 0.3 is 0 Å². The molecule has 0 radical (unpaired) electrons. The second-order valence-electron chi connectivity index (χ2n) is 10.9. The molecule has 4 aliphatic rings. The molecule has 1 saturated heterocycles. The van der Waals surface area contributed by atoms with E-state index in [0.717, 1.165) is 38.8 Å². The molecule has 218 valence electrons. The van der Waals surface area contributed by atoms with Gasteiger partial charge in [-0.3, -0.25) is 19.3 Å². The highest BCUT2D eigenvalue weighted by Crippen LogP contribution is 2.51. The van der Waals surface area contributed by atoms with Crippen molar-refractivity contribution < 1.29 is 38.8 Å². The molecule has 11 nitrogen and oxygen atoms in total. The number of aldehydes is 1. The fourth-order valence-corrected chi connectivity index (χ4v) is 6.45. The van der Waals surface area contributed by atoms with Crippen LogP contribution < -0.4 is 14.8 Å². The fraction of sp³-hybridized carbons (Fsp3) is 0.621. The van der Waals surface area contributed by atoms with E-state index in [0.29, 0.717) is 60.8 Å². The minimum Gasteiger partial charge on any atom is -0.493 e.